The second kappa shape index (κ2) is 16.7. The normalized spacial score (nSPS) is 18.6. The summed E-state index contributed by atoms with van der Waals surface area (Å²) in [4.78, 5) is 59.9. The molecular formula is C36H37N7O7S4. The molecule has 14 nitrogen and oxygen atoms in total. The number of allylic oxidation sites excluding steroid dienone is 1. The number of esters is 1. The van der Waals surface area contributed by atoms with Crippen LogP contribution in [0.2, 0.25) is 0 Å². The molecule has 282 valence electrons. The lowest BCUT2D eigenvalue weighted by Crippen LogP contribution is -2.75. The molecule has 0 bridgehead atoms. The van der Waals surface area contributed by atoms with Gasteiger partial charge in [-0.3, -0.25) is 19.8 Å². The van der Waals surface area contributed by atoms with Crippen LogP contribution in [-0.4, -0.2) is 77.0 Å². The quantitative estimate of drug-likeness (QED) is 0.0534. The Balaban J connectivity index is 1.25. The molecule has 54 heavy (non-hydrogen) atoms. The number of ether oxygens (including phenoxy) is 2. The number of β-lactam (4-membered cyclic amide) rings is 1. The van der Waals surface area contributed by atoms with Crippen molar-refractivity contribution in [1.29, 1.82) is 0 Å². The van der Waals surface area contributed by atoms with Crippen LogP contribution in [0.4, 0.5) is 15.1 Å². The van der Waals surface area contributed by atoms with Crippen LogP contribution in [0.15, 0.2) is 87.7 Å². The number of anilines is 2. The number of hydrogen-bond donors (Lipinski definition) is 3. The molecule has 4 aromatic rings. The standard InChI is InChI=1S/C36H37N7O7S4/c1-5-12-23(24-18-51-33(38-24)40-34(47)50-36(2,3)4)28(44)39-25-29(45)43-26(22(19-54(48)30(25)43)17-52-35-42-41-32(37)53-35)31(46)49-27(20-13-8-6-9-14-20)21-15-10-7-11-16-21/h6-16,18,25,27,30H,5,17,19H2,1-4H3,(H2,37,41)(H,39,44)(H,38,40,47)/b23-12-/t25-,30+,54?/m1/s1. The highest BCUT2D eigenvalue weighted by Crippen LogP contribution is 2.41. The molecule has 0 spiro atoms. The van der Waals surface area contributed by atoms with Gasteiger partial charge in [0.1, 0.15) is 17.1 Å². The fourth-order valence-corrected chi connectivity index (χ4v) is 9.87. The summed E-state index contributed by atoms with van der Waals surface area (Å²) >= 11 is 1.80. The number of thiazole rings is 1. The zero-order chi connectivity index (χ0) is 38.6. The maximum atomic E-state index is 14.3. The van der Waals surface area contributed by atoms with Gasteiger partial charge < -0.3 is 25.1 Å². The molecule has 2 aliphatic heterocycles. The third kappa shape index (κ3) is 8.95. The van der Waals surface area contributed by atoms with Crippen molar-refractivity contribution in [1.82, 2.24) is 25.4 Å². The first-order valence-electron chi connectivity index (χ1n) is 16.7. The molecule has 0 saturated carbocycles. The van der Waals surface area contributed by atoms with Crippen molar-refractivity contribution in [3.8, 4) is 0 Å². The molecule has 1 fully saturated rings. The van der Waals surface area contributed by atoms with E-state index in [0.717, 1.165) is 22.5 Å². The Bertz CT molecular complexity index is 2040. The Kier molecular flexibility index (Phi) is 12.1. The van der Waals surface area contributed by atoms with Gasteiger partial charge in [0.05, 0.1) is 11.3 Å². The van der Waals surface area contributed by atoms with Crippen LogP contribution in [0.5, 0.6) is 0 Å². The number of nitrogens with two attached hydrogens (primary N) is 1. The number of nitrogens with zero attached hydrogens (tertiary/aromatic N) is 4. The van der Waals surface area contributed by atoms with Crippen LogP contribution in [0.1, 0.15) is 57.0 Å². The largest absolute Gasteiger partial charge is 0.614 e. The monoisotopic (exact) mass is 807 g/mol. The Morgan fingerprint density at radius 2 is 1.78 bits per heavy atom. The molecule has 3 amide bonds. The average molecular weight is 808 g/mol. The number of amides is 3. The number of fused-ring (bicyclic) bond motifs is 1. The molecule has 3 atom stereocenters. The number of thioether (sulfide) groups is 1. The Morgan fingerprint density at radius 3 is 2.37 bits per heavy atom. The highest BCUT2D eigenvalue weighted by Gasteiger charge is 2.61. The van der Waals surface area contributed by atoms with Crippen molar-refractivity contribution in [2.45, 2.75) is 61.6 Å². The van der Waals surface area contributed by atoms with E-state index in [1.807, 2.05) is 67.6 Å². The van der Waals surface area contributed by atoms with Gasteiger partial charge in [0, 0.05) is 16.7 Å². The molecule has 1 unspecified atom stereocenters. The average Bonchev–Trinajstić information content (AvgIpc) is 3.78. The summed E-state index contributed by atoms with van der Waals surface area (Å²) in [7, 11) is 0. The zero-order valence-corrected chi connectivity index (χ0v) is 32.9. The molecule has 2 aliphatic rings. The van der Waals surface area contributed by atoms with Crippen LogP contribution in [0.25, 0.3) is 5.57 Å². The van der Waals surface area contributed by atoms with Crippen LogP contribution >= 0.6 is 34.4 Å². The summed E-state index contributed by atoms with van der Waals surface area (Å²) < 4.78 is 25.9. The molecule has 6 rings (SSSR count). The summed E-state index contributed by atoms with van der Waals surface area (Å²) in [6.45, 7) is 7.04. The first-order valence-corrected chi connectivity index (χ1v) is 20.8. The van der Waals surface area contributed by atoms with E-state index in [4.69, 9.17) is 15.2 Å². The second-order valence-corrected chi connectivity index (χ2v) is 17.6. The first-order chi connectivity index (χ1) is 25.8. The van der Waals surface area contributed by atoms with Gasteiger partial charge in [-0.1, -0.05) is 96.8 Å². The topological polar surface area (TPSA) is 202 Å². The summed E-state index contributed by atoms with van der Waals surface area (Å²) in [5.74, 6) is -1.92. The second-order valence-electron chi connectivity index (χ2n) is 13.0. The summed E-state index contributed by atoms with van der Waals surface area (Å²) in [6.07, 6.45) is 0.599. The van der Waals surface area contributed by atoms with Crippen molar-refractivity contribution < 1.29 is 33.2 Å². The Morgan fingerprint density at radius 1 is 1.11 bits per heavy atom. The zero-order valence-electron chi connectivity index (χ0n) is 29.6. The molecule has 4 N–H and O–H groups in total. The fraction of sp³-hybridized carbons (Fsp3) is 0.306. The molecule has 0 aliphatic carbocycles. The van der Waals surface area contributed by atoms with Gasteiger partial charge in [-0.25, -0.2) is 14.6 Å². The SMILES string of the molecule is CC/C=C(\C(=O)N[C@@H]1C(=O)N2C(C(=O)OC(c3ccccc3)c3ccccc3)=C(CSc3nnc(N)s3)C[S+]([O-])[C@@H]12)c1csc(NC(=O)OC(C)(C)C)n1. The minimum absolute atomic E-state index is 0.0290. The van der Waals surface area contributed by atoms with Gasteiger partial charge in [0.2, 0.25) is 10.5 Å². The molecular weight excluding hydrogens is 771 g/mol. The van der Waals surface area contributed by atoms with E-state index in [1.165, 1.54) is 28.0 Å². The molecule has 1 saturated heterocycles. The molecule has 18 heteroatoms. The van der Waals surface area contributed by atoms with Gasteiger partial charge in [0.15, 0.2) is 21.6 Å². The van der Waals surface area contributed by atoms with Crippen molar-refractivity contribution in [2.75, 3.05) is 22.6 Å². The number of rotatable bonds is 12. The fourth-order valence-electron chi connectivity index (χ4n) is 5.71. The van der Waals surface area contributed by atoms with Crippen LogP contribution < -0.4 is 16.4 Å². The van der Waals surface area contributed by atoms with Crippen molar-refractivity contribution in [2.24, 2.45) is 0 Å². The highest BCUT2D eigenvalue weighted by molar-refractivity contribution is 8.01. The number of hydrogen-bond acceptors (Lipinski definition) is 14. The van der Waals surface area contributed by atoms with Crippen LogP contribution in [0.3, 0.4) is 0 Å². The van der Waals surface area contributed by atoms with E-state index in [9.17, 15) is 23.7 Å². The van der Waals surface area contributed by atoms with E-state index < -0.39 is 58.2 Å². The lowest BCUT2D eigenvalue weighted by Gasteiger charge is -2.49. The number of benzene rings is 2. The number of carbonyl (C=O) groups excluding carboxylic acids is 4. The predicted molar refractivity (Wildman–Crippen MR) is 209 cm³/mol. The molecule has 4 heterocycles. The maximum absolute atomic E-state index is 14.3. The number of aromatic nitrogens is 3. The van der Waals surface area contributed by atoms with E-state index >= 15 is 0 Å². The number of nitrogen functional groups attached to an aromatic ring is 1. The number of nitrogens with one attached hydrogen (secondary N) is 2. The summed E-state index contributed by atoms with van der Waals surface area (Å²) in [6, 6.07) is 17.2. The van der Waals surface area contributed by atoms with Gasteiger partial charge in [-0.2, -0.15) is 0 Å². The Labute approximate surface area is 326 Å². The van der Waals surface area contributed by atoms with E-state index in [1.54, 1.807) is 32.2 Å². The van der Waals surface area contributed by atoms with Gasteiger partial charge in [0.25, 0.3) is 11.8 Å². The molecule has 2 aromatic carbocycles. The molecule has 2 aromatic heterocycles. The minimum atomic E-state index is -1.71. The predicted octanol–water partition coefficient (Wildman–Crippen LogP) is 5.51. The van der Waals surface area contributed by atoms with Gasteiger partial charge in [-0.15, -0.1) is 21.5 Å². The van der Waals surface area contributed by atoms with E-state index in [-0.39, 0.29) is 38.7 Å². The van der Waals surface area contributed by atoms with Crippen molar-refractivity contribution in [3.63, 3.8) is 0 Å². The van der Waals surface area contributed by atoms with E-state index in [2.05, 4.69) is 25.8 Å². The van der Waals surface area contributed by atoms with Crippen molar-refractivity contribution in [3.05, 3.63) is 100 Å². The number of carbonyl (C=O) groups is 4. The van der Waals surface area contributed by atoms with Crippen LogP contribution in [0, 0.1) is 0 Å². The van der Waals surface area contributed by atoms with Gasteiger partial charge >= 0.3 is 12.1 Å². The highest BCUT2D eigenvalue weighted by atomic mass is 32.2. The van der Waals surface area contributed by atoms with Crippen molar-refractivity contribution >= 4 is 85.3 Å². The Hall–Kier alpha value is -4.75. The first kappa shape index (κ1) is 39.0. The smallest absolute Gasteiger partial charge is 0.413 e. The third-order valence-corrected chi connectivity index (χ3v) is 12.3. The molecule has 0 radical (unpaired) electrons. The van der Waals surface area contributed by atoms with E-state index in [0.29, 0.717) is 16.3 Å². The lowest BCUT2D eigenvalue weighted by atomic mass is 10.0. The van der Waals surface area contributed by atoms with Crippen LogP contribution in [-0.2, 0) is 35.0 Å². The maximum Gasteiger partial charge on any atom is 0.413 e. The van der Waals surface area contributed by atoms with Gasteiger partial charge in [-0.05, 0) is 49.5 Å². The third-order valence-electron chi connectivity index (χ3n) is 7.95. The minimum Gasteiger partial charge on any atom is -0.614 e. The lowest BCUT2D eigenvalue weighted by molar-refractivity contribution is -0.154. The summed E-state index contributed by atoms with van der Waals surface area (Å²) in [5.41, 5.74) is 7.32. The summed E-state index contributed by atoms with van der Waals surface area (Å²) in [5, 5.41) is 14.2.